The highest BCUT2D eigenvalue weighted by molar-refractivity contribution is 7.89. The third-order valence-electron chi connectivity index (χ3n) is 5.48. The molecule has 1 aromatic carbocycles. The Balaban J connectivity index is 1.78. The molecule has 1 aliphatic rings. The molecule has 0 radical (unpaired) electrons. The molecule has 1 aliphatic carbocycles. The van der Waals surface area contributed by atoms with Crippen LogP contribution in [0.25, 0.3) is 22.4 Å². The first-order valence-corrected chi connectivity index (χ1v) is 11.8. The van der Waals surface area contributed by atoms with Crippen molar-refractivity contribution >= 4 is 20.9 Å². The molecular weight excluding hydrogens is 497 g/mol. The highest BCUT2D eigenvalue weighted by Crippen LogP contribution is 2.39. The van der Waals surface area contributed by atoms with Crippen molar-refractivity contribution in [1.82, 2.24) is 19.3 Å². The van der Waals surface area contributed by atoms with Crippen molar-refractivity contribution in [1.29, 1.82) is 5.26 Å². The van der Waals surface area contributed by atoms with Gasteiger partial charge in [-0.15, -0.1) is 0 Å². The maximum absolute atomic E-state index is 12.8. The molecular formula is C21H18F5N5O3S. The van der Waals surface area contributed by atoms with Gasteiger partial charge in [0.05, 0.1) is 23.5 Å². The van der Waals surface area contributed by atoms with Gasteiger partial charge in [-0.1, -0.05) is 0 Å². The SMILES string of the molecule is CC(NS(=O)(=O)c1cnc(-c2c(C#N)c3ccc(OC(F)F)cc3n2CC2CC2)nc1)C(F)(F)F. The molecule has 186 valence electrons. The number of fused-ring (bicyclic) bond motifs is 1. The van der Waals surface area contributed by atoms with E-state index in [1.54, 1.807) is 4.57 Å². The van der Waals surface area contributed by atoms with Crippen LogP contribution in [0.1, 0.15) is 25.3 Å². The van der Waals surface area contributed by atoms with Crippen LogP contribution >= 0.6 is 0 Å². The second-order valence-corrected chi connectivity index (χ2v) is 9.79. The number of nitrogens with zero attached hydrogens (tertiary/aromatic N) is 4. The number of halogens is 5. The summed E-state index contributed by atoms with van der Waals surface area (Å²) >= 11 is 0. The number of alkyl halides is 5. The molecule has 0 spiro atoms. The molecule has 35 heavy (non-hydrogen) atoms. The third-order valence-corrected chi connectivity index (χ3v) is 6.98. The third kappa shape index (κ3) is 5.20. The van der Waals surface area contributed by atoms with Crippen molar-refractivity contribution in [2.75, 3.05) is 0 Å². The van der Waals surface area contributed by atoms with E-state index >= 15 is 0 Å². The van der Waals surface area contributed by atoms with Gasteiger partial charge in [-0.25, -0.2) is 18.4 Å². The number of sulfonamides is 1. The van der Waals surface area contributed by atoms with Crippen LogP contribution in [0.2, 0.25) is 0 Å². The van der Waals surface area contributed by atoms with E-state index in [1.165, 1.54) is 22.9 Å². The van der Waals surface area contributed by atoms with Gasteiger partial charge in [0.1, 0.15) is 28.4 Å². The molecule has 0 amide bonds. The van der Waals surface area contributed by atoms with Crippen molar-refractivity contribution < 1.29 is 35.1 Å². The summed E-state index contributed by atoms with van der Waals surface area (Å²) in [6.45, 7) is -1.95. The number of nitriles is 1. The minimum absolute atomic E-state index is 0.0439. The highest BCUT2D eigenvalue weighted by Gasteiger charge is 2.39. The number of benzene rings is 1. The van der Waals surface area contributed by atoms with Crippen LogP contribution < -0.4 is 9.46 Å². The van der Waals surface area contributed by atoms with E-state index in [0.717, 1.165) is 25.2 Å². The zero-order valence-electron chi connectivity index (χ0n) is 18.1. The lowest BCUT2D eigenvalue weighted by atomic mass is 10.1. The Morgan fingerprint density at radius 1 is 1.26 bits per heavy atom. The van der Waals surface area contributed by atoms with Gasteiger partial charge >= 0.3 is 12.8 Å². The summed E-state index contributed by atoms with van der Waals surface area (Å²) in [5, 5.41) is 10.3. The van der Waals surface area contributed by atoms with Crippen LogP contribution in [-0.4, -0.2) is 41.8 Å². The van der Waals surface area contributed by atoms with Crippen molar-refractivity contribution in [3.8, 4) is 23.3 Å². The Morgan fingerprint density at radius 3 is 2.46 bits per heavy atom. The lowest BCUT2D eigenvalue weighted by Crippen LogP contribution is -2.43. The maximum atomic E-state index is 12.8. The molecule has 1 atom stereocenters. The normalized spacial score (nSPS) is 15.4. The van der Waals surface area contributed by atoms with E-state index in [9.17, 15) is 35.6 Å². The predicted octanol–water partition coefficient (Wildman–Crippen LogP) is 4.21. The first kappa shape index (κ1) is 24.8. The van der Waals surface area contributed by atoms with E-state index in [4.69, 9.17) is 0 Å². The fraction of sp³-hybridized carbons (Fsp3) is 0.381. The maximum Gasteiger partial charge on any atom is 0.404 e. The predicted molar refractivity (Wildman–Crippen MR) is 113 cm³/mol. The summed E-state index contributed by atoms with van der Waals surface area (Å²) in [7, 11) is -4.57. The van der Waals surface area contributed by atoms with Crippen LogP contribution in [0, 0.1) is 17.2 Å². The van der Waals surface area contributed by atoms with Crippen LogP contribution in [0.5, 0.6) is 5.75 Å². The van der Waals surface area contributed by atoms with E-state index in [2.05, 4.69) is 20.8 Å². The average molecular weight is 515 g/mol. The van der Waals surface area contributed by atoms with Crippen molar-refractivity contribution in [3.05, 3.63) is 36.2 Å². The van der Waals surface area contributed by atoms with Crippen molar-refractivity contribution in [2.24, 2.45) is 5.92 Å². The highest BCUT2D eigenvalue weighted by atomic mass is 32.2. The Hall–Kier alpha value is -3.31. The largest absolute Gasteiger partial charge is 0.435 e. The molecule has 0 aliphatic heterocycles. The summed E-state index contributed by atoms with van der Waals surface area (Å²) < 4.78 is 96.1. The van der Waals surface area contributed by atoms with Gasteiger partial charge in [-0.05, 0) is 37.8 Å². The minimum Gasteiger partial charge on any atom is -0.435 e. The van der Waals surface area contributed by atoms with Crippen molar-refractivity contribution in [3.63, 3.8) is 0 Å². The smallest absolute Gasteiger partial charge is 0.404 e. The fourth-order valence-electron chi connectivity index (χ4n) is 3.54. The van der Waals surface area contributed by atoms with E-state index in [0.29, 0.717) is 24.4 Å². The van der Waals surface area contributed by atoms with Gasteiger partial charge in [0, 0.05) is 18.0 Å². The van der Waals surface area contributed by atoms with E-state index in [-0.39, 0.29) is 28.7 Å². The van der Waals surface area contributed by atoms with Gasteiger partial charge < -0.3 is 9.30 Å². The van der Waals surface area contributed by atoms with Crippen LogP contribution in [0.3, 0.4) is 0 Å². The van der Waals surface area contributed by atoms with Crippen LogP contribution in [0.4, 0.5) is 22.0 Å². The molecule has 8 nitrogen and oxygen atoms in total. The van der Waals surface area contributed by atoms with Gasteiger partial charge in [-0.2, -0.15) is 31.9 Å². The number of hydrogen-bond donors (Lipinski definition) is 1. The summed E-state index contributed by atoms with van der Waals surface area (Å²) in [6, 6.07) is 3.85. The number of rotatable bonds is 8. The molecule has 3 aromatic rings. The Morgan fingerprint density at radius 2 is 1.91 bits per heavy atom. The Labute approximate surface area is 196 Å². The molecule has 2 heterocycles. The first-order valence-electron chi connectivity index (χ1n) is 10.3. The second-order valence-electron chi connectivity index (χ2n) is 8.07. The first-order chi connectivity index (χ1) is 16.4. The van der Waals surface area contributed by atoms with Crippen molar-refractivity contribution in [2.45, 2.75) is 50.0 Å². The van der Waals surface area contributed by atoms with Crippen LogP contribution in [-0.2, 0) is 16.6 Å². The molecule has 1 saturated carbocycles. The monoisotopic (exact) mass is 515 g/mol. The molecule has 1 fully saturated rings. The topological polar surface area (TPSA) is 110 Å². The number of nitrogens with one attached hydrogen (secondary N) is 1. The lowest BCUT2D eigenvalue weighted by Gasteiger charge is -2.17. The fourth-order valence-corrected chi connectivity index (χ4v) is 4.66. The second kappa shape index (κ2) is 9.04. The quantitative estimate of drug-likeness (QED) is 0.450. The number of hydrogen-bond acceptors (Lipinski definition) is 6. The van der Waals surface area contributed by atoms with Crippen LogP contribution in [0.15, 0.2) is 35.5 Å². The molecule has 14 heteroatoms. The molecule has 2 aromatic heterocycles. The molecule has 4 rings (SSSR count). The Bertz CT molecular complexity index is 1390. The standard InChI is InChI=1S/C21H18F5N5O3S/c1-11(21(24,25)26)30-35(32,33)14-8-28-19(29-9-14)18-16(7-27)15-5-4-13(34-20(22)23)6-17(15)31(18)10-12-2-3-12/h4-6,8-9,11-12,20,30H,2-3,10H2,1H3. The molecule has 0 saturated heterocycles. The van der Waals surface area contributed by atoms with Gasteiger partial charge in [-0.3, -0.25) is 0 Å². The summed E-state index contributed by atoms with van der Waals surface area (Å²) in [6.07, 6.45) is -1.24. The van der Waals surface area contributed by atoms with E-state index in [1.807, 2.05) is 0 Å². The zero-order valence-corrected chi connectivity index (χ0v) is 18.9. The van der Waals surface area contributed by atoms with Gasteiger partial charge in [0.2, 0.25) is 10.0 Å². The van der Waals surface area contributed by atoms with Gasteiger partial charge in [0.15, 0.2) is 5.82 Å². The zero-order chi connectivity index (χ0) is 25.5. The van der Waals surface area contributed by atoms with E-state index < -0.39 is 33.7 Å². The molecule has 0 bridgehead atoms. The summed E-state index contributed by atoms with van der Waals surface area (Å²) in [4.78, 5) is 7.44. The number of ether oxygens (including phenoxy) is 1. The van der Waals surface area contributed by atoms with Gasteiger partial charge in [0.25, 0.3) is 0 Å². The average Bonchev–Trinajstić information content (AvgIpc) is 3.54. The number of aromatic nitrogens is 3. The minimum atomic E-state index is -4.79. The summed E-state index contributed by atoms with van der Waals surface area (Å²) in [5.74, 6) is 0.131. The lowest BCUT2D eigenvalue weighted by molar-refractivity contribution is -0.147. The Kier molecular flexibility index (Phi) is 6.41. The summed E-state index contributed by atoms with van der Waals surface area (Å²) in [5.41, 5.74) is 0.815. The molecule has 1 N–H and O–H groups in total. The molecule has 1 unspecified atom stereocenters.